The Morgan fingerprint density at radius 2 is 1.88 bits per heavy atom. The Bertz CT molecular complexity index is 432. The van der Waals surface area contributed by atoms with E-state index in [0.29, 0.717) is 5.56 Å². The molecule has 0 spiro atoms. The van der Waals surface area contributed by atoms with Crippen molar-refractivity contribution < 1.29 is 22.7 Å². The largest absolute Gasteiger partial charge is 0.573 e. The number of hydrogen-bond acceptors (Lipinski definition) is 3. The molecule has 1 aromatic rings. The van der Waals surface area contributed by atoms with Crippen molar-refractivity contribution in [2.24, 2.45) is 0 Å². The predicted molar refractivity (Wildman–Crippen MR) is 52.1 cm³/mol. The fraction of sp³-hybridized carbons (Fsp3) is 0.273. The SMILES string of the molecule is N#CCC(=O)Cc1ccc(OC(F)(F)F)cc1. The normalized spacial score (nSPS) is 10.7. The van der Waals surface area contributed by atoms with Crippen LogP contribution in [0.2, 0.25) is 0 Å². The quantitative estimate of drug-likeness (QED) is 0.816. The lowest BCUT2D eigenvalue weighted by Gasteiger charge is -2.08. The maximum Gasteiger partial charge on any atom is 0.573 e. The number of alkyl halides is 3. The third-order valence-corrected chi connectivity index (χ3v) is 1.83. The van der Waals surface area contributed by atoms with Crippen LogP contribution in [-0.4, -0.2) is 12.1 Å². The van der Waals surface area contributed by atoms with Crippen LogP contribution >= 0.6 is 0 Å². The molecule has 1 rings (SSSR count). The molecule has 17 heavy (non-hydrogen) atoms. The Kier molecular flexibility index (Phi) is 4.10. The summed E-state index contributed by atoms with van der Waals surface area (Å²) in [5.41, 5.74) is 0.541. The van der Waals surface area contributed by atoms with Gasteiger partial charge in [0, 0.05) is 6.42 Å². The molecule has 0 amide bonds. The third-order valence-electron chi connectivity index (χ3n) is 1.83. The topological polar surface area (TPSA) is 50.1 Å². The van der Waals surface area contributed by atoms with Gasteiger partial charge in [0.15, 0.2) is 5.78 Å². The molecule has 6 heteroatoms. The number of nitrogens with zero attached hydrogens (tertiary/aromatic N) is 1. The smallest absolute Gasteiger partial charge is 0.406 e. The van der Waals surface area contributed by atoms with Gasteiger partial charge in [-0.3, -0.25) is 4.79 Å². The molecular weight excluding hydrogens is 235 g/mol. The zero-order valence-corrected chi connectivity index (χ0v) is 8.62. The minimum Gasteiger partial charge on any atom is -0.406 e. The highest BCUT2D eigenvalue weighted by molar-refractivity contribution is 5.82. The van der Waals surface area contributed by atoms with Gasteiger partial charge in [-0.1, -0.05) is 12.1 Å². The fourth-order valence-corrected chi connectivity index (χ4v) is 1.19. The Labute approximate surface area is 95.4 Å². The Hall–Kier alpha value is -2.03. The van der Waals surface area contributed by atoms with E-state index >= 15 is 0 Å². The average molecular weight is 243 g/mol. The first kappa shape index (κ1) is 13.0. The molecule has 1 aromatic carbocycles. The zero-order chi connectivity index (χ0) is 12.9. The molecule has 0 aliphatic heterocycles. The minimum absolute atomic E-state index is 0.0276. The second-order valence-corrected chi connectivity index (χ2v) is 3.24. The third kappa shape index (κ3) is 5.02. The number of ketones is 1. The highest BCUT2D eigenvalue weighted by atomic mass is 19.4. The molecule has 90 valence electrons. The number of hydrogen-bond donors (Lipinski definition) is 0. The van der Waals surface area contributed by atoms with Gasteiger partial charge in [0.05, 0.1) is 12.5 Å². The number of ether oxygens (including phenoxy) is 1. The van der Waals surface area contributed by atoms with Crippen molar-refractivity contribution in [1.29, 1.82) is 5.26 Å². The van der Waals surface area contributed by atoms with E-state index in [9.17, 15) is 18.0 Å². The van der Waals surface area contributed by atoms with Crippen LogP contribution in [0.15, 0.2) is 24.3 Å². The number of Topliss-reactive ketones (excluding diaryl/α,β-unsaturated/α-hetero) is 1. The first-order chi connectivity index (χ1) is 7.90. The lowest BCUT2D eigenvalue weighted by atomic mass is 10.1. The summed E-state index contributed by atoms with van der Waals surface area (Å²) >= 11 is 0. The van der Waals surface area contributed by atoms with Crippen LogP contribution in [0.5, 0.6) is 5.75 Å². The first-order valence-corrected chi connectivity index (χ1v) is 4.64. The summed E-state index contributed by atoms with van der Waals surface area (Å²) in [6.07, 6.45) is -4.90. The molecule has 0 fully saturated rings. The molecule has 0 saturated carbocycles. The lowest BCUT2D eigenvalue weighted by molar-refractivity contribution is -0.274. The van der Waals surface area contributed by atoms with Crippen LogP contribution in [0.4, 0.5) is 13.2 Å². The van der Waals surface area contributed by atoms with E-state index in [2.05, 4.69) is 4.74 Å². The molecule has 0 heterocycles. The number of halogens is 3. The molecule has 3 nitrogen and oxygen atoms in total. The molecule has 0 saturated heterocycles. The molecule has 0 atom stereocenters. The summed E-state index contributed by atoms with van der Waals surface area (Å²) in [5, 5.41) is 8.27. The maximum absolute atomic E-state index is 11.8. The number of carbonyl (C=O) groups is 1. The van der Waals surface area contributed by atoms with Crippen molar-refractivity contribution >= 4 is 5.78 Å². The van der Waals surface area contributed by atoms with E-state index in [1.165, 1.54) is 12.1 Å². The van der Waals surface area contributed by atoms with Crippen LogP contribution in [-0.2, 0) is 11.2 Å². The van der Waals surface area contributed by atoms with Crippen molar-refractivity contribution in [3.8, 4) is 11.8 Å². The molecule has 0 aromatic heterocycles. The van der Waals surface area contributed by atoms with E-state index in [1.54, 1.807) is 6.07 Å². The average Bonchev–Trinajstić information content (AvgIpc) is 2.19. The van der Waals surface area contributed by atoms with Gasteiger partial charge >= 0.3 is 6.36 Å². The molecule has 0 unspecified atom stereocenters. The summed E-state index contributed by atoms with van der Waals surface area (Å²) in [6.45, 7) is 0. The molecule has 0 N–H and O–H groups in total. The summed E-state index contributed by atoms with van der Waals surface area (Å²) in [7, 11) is 0. The van der Waals surface area contributed by atoms with Crippen LogP contribution < -0.4 is 4.74 Å². The van der Waals surface area contributed by atoms with Crippen molar-refractivity contribution in [2.75, 3.05) is 0 Å². The summed E-state index contributed by atoms with van der Waals surface area (Å²) in [6, 6.07) is 6.68. The van der Waals surface area contributed by atoms with Gasteiger partial charge < -0.3 is 4.74 Å². The predicted octanol–water partition coefficient (Wildman–Crippen LogP) is 2.61. The van der Waals surface area contributed by atoms with Crippen LogP contribution in [0.1, 0.15) is 12.0 Å². The van der Waals surface area contributed by atoms with E-state index in [4.69, 9.17) is 5.26 Å². The second kappa shape index (κ2) is 5.34. The number of carbonyl (C=O) groups excluding carboxylic acids is 1. The van der Waals surface area contributed by atoms with Gasteiger partial charge in [-0.05, 0) is 17.7 Å². The summed E-state index contributed by atoms with van der Waals surface area (Å²) in [4.78, 5) is 11.1. The minimum atomic E-state index is -4.72. The standard InChI is InChI=1S/C11H8F3NO2/c12-11(13,14)17-10-3-1-8(2-4-10)7-9(16)5-6-15/h1-4H,5,7H2. The zero-order valence-electron chi connectivity index (χ0n) is 8.62. The van der Waals surface area contributed by atoms with Crippen molar-refractivity contribution in [1.82, 2.24) is 0 Å². The van der Waals surface area contributed by atoms with E-state index < -0.39 is 6.36 Å². The van der Waals surface area contributed by atoms with Crippen LogP contribution in [0.25, 0.3) is 0 Å². The number of nitriles is 1. The Morgan fingerprint density at radius 1 is 1.29 bits per heavy atom. The first-order valence-electron chi connectivity index (χ1n) is 4.64. The van der Waals surface area contributed by atoms with Crippen molar-refractivity contribution in [2.45, 2.75) is 19.2 Å². The van der Waals surface area contributed by atoms with E-state index in [1.807, 2.05) is 0 Å². The van der Waals surface area contributed by atoms with Crippen LogP contribution in [0, 0.1) is 11.3 Å². The van der Waals surface area contributed by atoms with E-state index in [-0.39, 0.29) is 24.4 Å². The Morgan fingerprint density at radius 3 is 2.35 bits per heavy atom. The number of rotatable bonds is 4. The van der Waals surface area contributed by atoms with Crippen molar-refractivity contribution in [3.05, 3.63) is 29.8 Å². The monoisotopic (exact) mass is 243 g/mol. The van der Waals surface area contributed by atoms with Gasteiger partial charge in [-0.2, -0.15) is 5.26 Å². The lowest BCUT2D eigenvalue weighted by Crippen LogP contribution is -2.17. The van der Waals surface area contributed by atoms with Gasteiger partial charge in [0.2, 0.25) is 0 Å². The van der Waals surface area contributed by atoms with Gasteiger partial charge in [-0.25, -0.2) is 0 Å². The van der Waals surface area contributed by atoms with E-state index in [0.717, 1.165) is 12.1 Å². The number of benzene rings is 1. The second-order valence-electron chi connectivity index (χ2n) is 3.24. The molecule has 0 aliphatic carbocycles. The fourth-order valence-electron chi connectivity index (χ4n) is 1.19. The van der Waals surface area contributed by atoms with Crippen molar-refractivity contribution in [3.63, 3.8) is 0 Å². The summed E-state index contributed by atoms with van der Waals surface area (Å²) in [5.74, 6) is -0.619. The van der Waals surface area contributed by atoms with Gasteiger partial charge in [0.25, 0.3) is 0 Å². The highest BCUT2D eigenvalue weighted by Crippen LogP contribution is 2.22. The molecular formula is C11H8F3NO2. The summed E-state index contributed by atoms with van der Waals surface area (Å²) < 4.78 is 39.2. The molecule has 0 bridgehead atoms. The van der Waals surface area contributed by atoms with Gasteiger partial charge in [0.1, 0.15) is 5.75 Å². The maximum atomic E-state index is 11.8. The van der Waals surface area contributed by atoms with Gasteiger partial charge in [-0.15, -0.1) is 13.2 Å². The highest BCUT2D eigenvalue weighted by Gasteiger charge is 2.30. The molecule has 0 aliphatic rings. The molecule has 0 radical (unpaired) electrons. The Balaban J connectivity index is 2.63. The van der Waals surface area contributed by atoms with Crippen LogP contribution in [0.3, 0.4) is 0 Å².